The number of amides is 1. The van der Waals surface area contributed by atoms with Gasteiger partial charge >= 0.3 is 0 Å². The standard InChI is InChI=1S/C16H21N3O/c1-11(2)8-13(9-17)16(20)19-15-5-3-4-12-10-18-7-6-14(12)15/h3-7,10-11,13H,8-9,17H2,1-2H3,(H,19,20). The molecule has 0 aliphatic heterocycles. The molecule has 4 nitrogen and oxygen atoms in total. The van der Waals surface area contributed by atoms with Crippen molar-refractivity contribution in [3.63, 3.8) is 0 Å². The number of pyridine rings is 1. The average Bonchev–Trinajstić information content (AvgIpc) is 2.45. The highest BCUT2D eigenvalue weighted by Crippen LogP contribution is 2.23. The molecule has 0 radical (unpaired) electrons. The van der Waals surface area contributed by atoms with Crippen molar-refractivity contribution in [1.82, 2.24) is 4.98 Å². The quantitative estimate of drug-likeness (QED) is 0.878. The number of rotatable bonds is 5. The summed E-state index contributed by atoms with van der Waals surface area (Å²) in [5.41, 5.74) is 6.53. The molecule has 0 aliphatic carbocycles. The molecule has 1 aromatic heterocycles. The van der Waals surface area contributed by atoms with E-state index in [9.17, 15) is 4.79 Å². The maximum Gasteiger partial charge on any atom is 0.228 e. The van der Waals surface area contributed by atoms with Gasteiger partial charge in [0.25, 0.3) is 0 Å². The van der Waals surface area contributed by atoms with Crippen LogP contribution in [0.2, 0.25) is 0 Å². The fourth-order valence-corrected chi connectivity index (χ4v) is 2.35. The second-order valence-electron chi connectivity index (χ2n) is 5.45. The summed E-state index contributed by atoms with van der Waals surface area (Å²) in [4.78, 5) is 16.4. The molecule has 20 heavy (non-hydrogen) atoms. The number of hydrogen-bond donors (Lipinski definition) is 2. The second kappa shape index (κ2) is 6.48. The van der Waals surface area contributed by atoms with E-state index in [4.69, 9.17) is 5.73 Å². The van der Waals surface area contributed by atoms with Gasteiger partial charge in [-0.05, 0) is 24.5 Å². The van der Waals surface area contributed by atoms with Gasteiger partial charge < -0.3 is 11.1 Å². The Bertz CT molecular complexity index is 590. The van der Waals surface area contributed by atoms with Crippen molar-refractivity contribution in [3.8, 4) is 0 Å². The molecule has 3 N–H and O–H groups in total. The van der Waals surface area contributed by atoms with E-state index in [1.54, 1.807) is 12.4 Å². The third-order valence-electron chi connectivity index (χ3n) is 3.35. The second-order valence-corrected chi connectivity index (χ2v) is 5.45. The van der Waals surface area contributed by atoms with Crippen LogP contribution in [-0.2, 0) is 4.79 Å². The highest BCUT2D eigenvalue weighted by Gasteiger charge is 2.18. The van der Waals surface area contributed by atoms with Crippen LogP contribution in [0, 0.1) is 11.8 Å². The smallest absolute Gasteiger partial charge is 0.228 e. The summed E-state index contributed by atoms with van der Waals surface area (Å²) in [6.07, 6.45) is 4.32. The van der Waals surface area contributed by atoms with Crippen LogP contribution in [0.15, 0.2) is 36.7 Å². The van der Waals surface area contributed by atoms with Gasteiger partial charge in [0.15, 0.2) is 0 Å². The molecule has 0 aliphatic rings. The molecule has 2 aromatic rings. The molecule has 1 amide bonds. The Morgan fingerprint density at radius 1 is 1.35 bits per heavy atom. The molecule has 4 heteroatoms. The van der Waals surface area contributed by atoms with Crippen LogP contribution in [0.4, 0.5) is 5.69 Å². The highest BCUT2D eigenvalue weighted by molar-refractivity contribution is 6.02. The minimum absolute atomic E-state index is 0.00878. The number of hydrogen-bond acceptors (Lipinski definition) is 3. The number of nitrogens with zero attached hydrogens (tertiary/aromatic N) is 1. The lowest BCUT2D eigenvalue weighted by atomic mass is 9.96. The van der Waals surface area contributed by atoms with Crippen molar-refractivity contribution in [2.24, 2.45) is 17.6 Å². The molecule has 1 aromatic carbocycles. The van der Waals surface area contributed by atoms with Crippen LogP contribution in [-0.4, -0.2) is 17.4 Å². The molecule has 0 saturated carbocycles. The Balaban J connectivity index is 2.21. The molecule has 0 spiro atoms. The summed E-state index contributed by atoms with van der Waals surface area (Å²) < 4.78 is 0. The number of fused-ring (bicyclic) bond motifs is 1. The molecule has 2 rings (SSSR count). The zero-order valence-electron chi connectivity index (χ0n) is 12.0. The monoisotopic (exact) mass is 271 g/mol. The molecule has 1 atom stereocenters. The summed E-state index contributed by atoms with van der Waals surface area (Å²) in [6, 6.07) is 7.71. The fourth-order valence-electron chi connectivity index (χ4n) is 2.35. The van der Waals surface area contributed by atoms with Crippen LogP contribution in [0.1, 0.15) is 20.3 Å². The highest BCUT2D eigenvalue weighted by atomic mass is 16.1. The molecule has 1 unspecified atom stereocenters. The Morgan fingerprint density at radius 2 is 2.15 bits per heavy atom. The number of anilines is 1. The van der Waals surface area contributed by atoms with E-state index in [0.29, 0.717) is 12.5 Å². The SMILES string of the molecule is CC(C)CC(CN)C(=O)Nc1cccc2cnccc12. The van der Waals surface area contributed by atoms with E-state index < -0.39 is 0 Å². The molecule has 0 bridgehead atoms. The van der Waals surface area contributed by atoms with Gasteiger partial charge in [-0.25, -0.2) is 0 Å². The van der Waals surface area contributed by atoms with Gasteiger partial charge in [-0.3, -0.25) is 9.78 Å². The number of aromatic nitrogens is 1. The van der Waals surface area contributed by atoms with E-state index in [-0.39, 0.29) is 11.8 Å². The van der Waals surface area contributed by atoms with E-state index in [0.717, 1.165) is 22.9 Å². The van der Waals surface area contributed by atoms with Gasteiger partial charge in [0.1, 0.15) is 0 Å². The van der Waals surface area contributed by atoms with Gasteiger partial charge in [-0.15, -0.1) is 0 Å². The molecule has 0 fully saturated rings. The fraction of sp³-hybridized carbons (Fsp3) is 0.375. The van der Waals surface area contributed by atoms with E-state index >= 15 is 0 Å². The topological polar surface area (TPSA) is 68.0 Å². The van der Waals surface area contributed by atoms with Crippen molar-refractivity contribution < 1.29 is 4.79 Å². The van der Waals surface area contributed by atoms with E-state index in [2.05, 4.69) is 24.1 Å². The minimum atomic E-state index is -0.146. The number of carbonyl (C=O) groups is 1. The number of benzene rings is 1. The number of nitrogens with one attached hydrogen (secondary N) is 1. The lowest BCUT2D eigenvalue weighted by Crippen LogP contribution is -2.30. The first-order valence-electron chi connectivity index (χ1n) is 6.95. The lowest BCUT2D eigenvalue weighted by molar-refractivity contribution is -0.120. The lowest BCUT2D eigenvalue weighted by Gasteiger charge is -2.17. The third kappa shape index (κ3) is 3.33. The first-order chi connectivity index (χ1) is 9.61. The van der Waals surface area contributed by atoms with E-state index in [1.165, 1.54) is 0 Å². The first-order valence-corrected chi connectivity index (χ1v) is 6.95. The summed E-state index contributed by atoms with van der Waals surface area (Å²) in [6.45, 7) is 4.56. The summed E-state index contributed by atoms with van der Waals surface area (Å²) in [7, 11) is 0. The van der Waals surface area contributed by atoms with Crippen molar-refractivity contribution in [2.45, 2.75) is 20.3 Å². The summed E-state index contributed by atoms with van der Waals surface area (Å²) in [5.74, 6) is 0.295. The predicted molar refractivity (Wildman–Crippen MR) is 82.4 cm³/mol. The van der Waals surface area contributed by atoms with Crippen molar-refractivity contribution in [2.75, 3.05) is 11.9 Å². The van der Waals surface area contributed by atoms with Crippen LogP contribution in [0.5, 0.6) is 0 Å². The Kier molecular flexibility index (Phi) is 4.69. The molecule has 0 saturated heterocycles. The first kappa shape index (κ1) is 14.5. The summed E-state index contributed by atoms with van der Waals surface area (Å²) >= 11 is 0. The van der Waals surface area contributed by atoms with Crippen LogP contribution in [0.3, 0.4) is 0 Å². The zero-order chi connectivity index (χ0) is 14.5. The third-order valence-corrected chi connectivity index (χ3v) is 3.35. The van der Waals surface area contributed by atoms with Crippen LogP contribution >= 0.6 is 0 Å². The van der Waals surface area contributed by atoms with Gasteiger partial charge in [0, 0.05) is 35.4 Å². The van der Waals surface area contributed by atoms with Gasteiger partial charge in [0.2, 0.25) is 5.91 Å². The predicted octanol–water partition coefficient (Wildman–Crippen LogP) is 2.79. The normalized spacial score (nSPS) is 12.6. The molecule has 1 heterocycles. The summed E-state index contributed by atoms with van der Waals surface area (Å²) in [5, 5.41) is 5.00. The zero-order valence-corrected chi connectivity index (χ0v) is 12.0. The molecular formula is C16H21N3O. The van der Waals surface area contributed by atoms with Crippen LogP contribution in [0.25, 0.3) is 10.8 Å². The molecular weight excluding hydrogens is 250 g/mol. The van der Waals surface area contributed by atoms with Gasteiger partial charge in [-0.2, -0.15) is 0 Å². The number of carbonyl (C=O) groups excluding carboxylic acids is 1. The van der Waals surface area contributed by atoms with Gasteiger partial charge in [0.05, 0.1) is 5.92 Å². The largest absolute Gasteiger partial charge is 0.330 e. The van der Waals surface area contributed by atoms with Crippen molar-refractivity contribution in [3.05, 3.63) is 36.7 Å². The Morgan fingerprint density at radius 3 is 2.85 bits per heavy atom. The van der Waals surface area contributed by atoms with Crippen molar-refractivity contribution in [1.29, 1.82) is 0 Å². The maximum atomic E-state index is 12.3. The molecule has 106 valence electrons. The van der Waals surface area contributed by atoms with Crippen LogP contribution < -0.4 is 11.1 Å². The Labute approximate surface area is 119 Å². The van der Waals surface area contributed by atoms with Crippen molar-refractivity contribution >= 4 is 22.4 Å². The average molecular weight is 271 g/mol. The minimum Gasteiger partial charge on any atom is -0.330 e. The maximum absolute atomic E-state index is 12.3. The Hall–Kier alpha value is -1.94. The van der Waals surface area contributed by atoms with Gasteiger partial charge in [-0.1, -0.05) is 26.0 Å². The number of nitrogens with two attached hydrogens (primary N) is 1. The van der Waals surface area contributed by atoms with E-state index in [1.807, 2.05) is 24.3 Å².